The number of amides is 3. The first-order chi connectivity index (χ1) is 13.5. The first-order valence-electron chi connectivity index (χ1n) is 8.67. The summed E-state index contributed by atoms with van der Waals surface area (Å²) in [7, 11) is 0. The van der Waals surface area contributed by atoms with E-state index in [9.17, 15) is 9.59 Å². The maximum atomic E-state index is 12.7. The van der Waals surface area contributed by atoms with E-state index in [2.05, 4.69) is 27.8 Å². The fourth-order valence-electron chi connectivity index (χ4n) is 2.69. The molecule has 28 heavy (non-hydrogen) atoms. The number of benzene rings is 2. The van der Waals surface area contributed by atoms with Gasteiger partial charge in [-0.1, -0.05) is 46.8 Å². The lowest BCUT2D eigenvalue weighted by Gasteiger charge is -2.13. The largest absolute Gasteiger partial charge is 0.490 e. The highest BCUT2D eigenvalue weighted by atomic mass is 79.9. The number of nitrogens with zero attached hydrogens (tertiary/aromatic N) is 1. The van der Waals surface area contributed by atoms with Gasteiger partial charge in [-0.2, -0.15) is 0 Å². The van der Waals surface area contributed by atoms with Crippen molar-refractivity contribution in [3.63, 3.8) is 0 Å². The number of ether oxygens (including phenoxy) is 2. The van der Waals surface area contributed by atoms with Crippen molar-refractivity contribution in [3.05, 3.63) is 70.9 Å². The molecule has 1 aliphatic rings. The monoisotopic (exact) mass is 442 g/mol. The van der Waals surface area contributed by atoms with Gasteiger partial charge in [0.15, 0.2) is 11.5 Å². The molecule has 0 aromatic heterocycles. The third-order valence-corrected chi connectivity index (χ3v) is 4.60. The van der Waals surface area contributed by atoms with Gasteiger partial charge in [0.2, 0.25) is 0 Å². The van der Waals surface area contributed by atoms with Gasteiger partial charge in [-0.25, -0.2) is 9.69 Å². The predicted octanol–water partition coefficient (Wildman–Crippen LogP) is 4.51. The van der Waals surface area contributed by atoms with E-state index in [-0.39, 0.29) is 5.70 Å². The number of anilines is 1. The zero-order valence-corrected chi connectivity index (χ0v) is 16.9. The number of halogens is 1. The summed E-state index contributed by atoms with van der Waals surface area (Å²) < 4.78 is 12.0. The van der Waals surface area contributed by atoms with Gasteiger partial charge in [-0.15, -0.1) is 0 Å². The Hall–Kier alpha value is -3.06. The Bertz CT molecular complexity index is 941. The smallest absolute Gasteiger partial charge is 0.333 e. The Morgan fingerprint density at radius 1 is 1.14 bits per heavy atom. The molecule has 1 N–H and O–H groups in total. The van der Waals surface area contributed by atoms with E-state index in [1.807, 2.05) is 13.0 Å². The molecule has 2 aromatic rings. The fourth-order valence-corrected chi connectivity index (χ4v) is 3.13. The topological polar surface area (TPSA) is 67.9 Å². The maximum absolute atomic E-state index is 12.7. The number of hydrogen-bond donors (Lipinski definition) is 1. The van der Waals surface area contributed by atoms with Gasteiger partial charge in [-0.3, -0.25) is 4.79 Å². The molecule has 0 saturated carbocycles. The van der Waals surface area contributed by atoms with E-state index in [0.717, 1.165) is 4.90 Å². The minimum Gasteiger partial charge on any atom is -0.490 e. The van der Waals surface area contributed by atoms with Gasteiger partial charge >= 0.3 is 6.03 Å². The Kier molecular flexibility index (Phi) is 6.16. The molecular formula is C21H19BrN2O4. The normalized spacial score (nSPS) is 14.9. The molecule has 3 amide bonds. The Balaban J connectivity index is 1.94. The van der Waals surface area contributed by atoms with Gasteiger partial charge in [0, 0.05) is 4.47 Å². The third-order valence-electron chi connectivity index (χ3n) is 3.91. The number of nitrogens with one attached hydrogen (secondary N) is 1. The van der Waals surface area contributed by atoms with Crippen LogP contribution in [0.25, 0.3) is 6.08 Å². The zero-order chi connectivity index (χ0) is 20.1. The van der Waals surface area contributed by atoms with Crippen molar-refractivity contribution in [1.29, 1.82) is 0 Å². The standard InChI is InChI=1S/C21H19BrN2O4/c1-3-10-28-19-13-16(22)14(12-18(19)27-4-2)11-17-20(25)24(21(26)23-17)15-8-6-5-7-9-15/h3,5-9,11-13H,1,4,10H2,2H3,(H,23,26)/b17-11+. The third kappa shape index (κ3) is 4.09. The summed E-state index contributed by atoms with van der Waals surface area (Å²) in [6, 6.07) is 11.8. The van der Waals surface area contributed by atoms with Crippen LogP contribution in [0.15, 0.2) is 65.3 Å². The van der Waals surface area contributed by atoms with Crippen molar-refractivity contribution in [1.82, 2.24) is 5.32 Å². The number of carbonyl (C=O) groups excluding carboxylic acids is 2. The van der Waals surface area contributed by atoms with Crippen LogP contribution in [0.3, 0.4) is 0 Å². The highest BCUT2D eigenvalue weighted by Crippen LogP contribution is 2.35. The Morgan fingerprint density at radius 3 is 2.54 bits per heavy atom. The summed E-state index contributed by atoms with van der Waals surface area (Å²) in [5.41, 5.74) is 1.36. The molecular weight excluding hydrogens is 424 g/mol. The molecule has 0 bridgehead atoms. The van der Waals surface area contributed by atoms with Crippen LogP contribution in [-0.4, -0.2) is 25.2 Å². The van der Waals surface area contributed by atoms with Crippen molar-refractivity contribution >= 4 is 39.6 Å². The quantitative estimate of drug-likeness (QED) is 0.389. The molecule has 1 fully saturated rings. The maximum Gasteiger partial charge on any atom is 0.333 e. The molecule has 0 radical (unpaired) electrons. The minimum atomic E-state index is -0.491. The molecule has 0 atom stereocenters. The van der Waals surface area contributed by atoms with Crippen LogP contribution in [0, 0.1) is 0 Å². The summed E-state index contributed by atoms with van der Waals surface area (Å²) in [6.07, 6.45) is 3.25. The predicted molar refractivity (Wildman–Crippen MR) is 111 cm³/mol. The minimum absolute atomic E-state index is 0.178. The van der Waals surface area contributed by atoms with E-state index >= 15 is 0 Å². The van der Waals surface area contributed by atoms with Crippen LogP contribution in [0.2, 0.25) is 0 Å². The van der Waals surface area contributed by atoms with E-state index in [1.54, 1.807) is 48.6 Å². The first-order valence-corrected chi connectivity index (χ1v) is 9.46. The molecule has 0 unspecified atom stereocenters. The van der Waals surface area contributed by atoms with E-state index in [1.165, 1.54) is 0 Å². The summed E-state index contributed by atoms with van der Waals surface area (Å²) in [5, 5.41) is 2.62. The number of hydrogen-bond acceptors (Lipinski definition) is 4. The van der Waals surface area contributed by atoms with Crippen molar-refractivity contribution in [2.75, 3.05) is 18.1 Å². The number of urea groups is 1. The van der Waals surface area contributed by atoms with Crippen molar-refractivity contribution < 1.29 is 19.1 Å². The lowest BCUT2D eigenvalue weighted by Crippen LogP contribution is -2.30. The SMILES string of the molecule is C=CCOc1cc(Br)c(/C=C2/NC(=O)N(c3ccccc3)C2=O)cc1OCC. The van der Waals surface area contributed by atoms with Crippen LogP contribution >= 0.6 is 15.9 Å². The second kappa shape index (κ2) is 8.75. The summed E-state index contributed by atoms with van der Waals surface area (Å²) in [4.78, 5) is 26.1. The van der Waals surface area contributed by atoms with Gasteiger partial charge in [0.1, 0.15) is 12.3 Å². The highest BCUT2D eigenvalue weighted by molar-refractivity contribution is 9.10. The Morgan fingerprint density at radius 2 is 1.86 bits per heavy atom. The molecule has 0 spiro atoms. The van der Waals surface area contributed by atoms with Crippen molar-refractivity contribution in [2.24, 2.45) is 0 Å². The number of imide groups is 1. The fraction of sp³-hybridized carbons (Fsp3) is 0.143. The average Bonchev–Trinajstić information content (AvgIpc) is 2.97. The lowest BCUT2D eigenvalue weighted by atomic mass is 10.1. The zero-order valence-electron chi connectivity index (χ0n) is 15.3. The number of carbonyl (C=O) groups is 2. The van der Waals surface area contributed by atoms with Gasteiger partial charge in [-0.05, 0) is 42.8 Å². The summed E-state index contributed by atoms with van der Waals surface area (Å²) >= 11 is 3.48. The molecule has 2 aromatic carbocycles. The average molecular weight is 443 g/mol. The van der Waals surface area contributed by atoms with E-state index < -0.39 is 11.9 Å². The molecule has 144 valence electrons. The number of para-hydroxylation sites is 1. The van der Waals surface area contributed by atoms with Crippen LogP contribution in [0.5, 0.6) is 11.5 Å². The molecule has 1 heterocycles. The summed E-state index contributed by atoms with van der Waals surface area (Å²) in [6.45, 7) is 6.31. The van der Waals surface area contributed by atoms with Gasteiger partial charge in [0.25, 0.3) is 5.91 Å². The van der Waals surface area contributed by atoms with E-state index in [4.69, 9.17) is 9.47 Å². The Labute approximate surface area is 171 Å². The second-order valence-corrected chi connectivity index (χ2v) is 6.67. The lowest BCUT2D eigenvalue weighted by molar-refractivity contribution is -0.113. The highest BCUT2D eigenvalue weighted by Gasteiger charge is 2.34. The van der Waals surface area contributed by atoms with Crippen LogP contribution in [0.1, 0.15) is 12.5 Å². The molecule has 7 heteroatoms. The molecule has 3 rings (SSSR count). The van der Waals surface area contributed by atoms with Gasteiger partial charge in [0.05, 0.1) is 12.3 Å². The first kappa shape index (κ1) is 19.7. The van der Waals surface area contributed by atoms with Crippen molar-refractivity contribution in [2.45, 2.75) is 6.92 Å². The molecule has 1 aliphatic heterocycles. The van der Waals surface area contributed by atoms with Gasteiger partial charge < -0.3 is 14.8 Å². The van der Waals surface area contributed by atoms with Crippen LogP contribution in [0.4, 0.5) is 10.5 Å². The summed E-state index contributed by atoms with van der Waals surface area (Å²) in [5.74, 6) is 0.674. The molecule has 6 nitrogen and oxygen atoms in total. The van der Waals surface area contributed by atoms with Crippen LogP contribution < -0.4 is 19.7 Å². The number of rotatable bonds is 7. The van der Waals surface area contributed by atoms with E-state index in [0.29, 0.717) is 40.4 Å². The van der Waals surface area contributed by atoms with Crippen molar-refractivity contribution in [3.8, 4) is 11.5 Å². The molecule has 1 saturated heterocycles. The van der Waals surface area contributed by atoms with Crippen LogP contribution in [-0.2, 0) is 4.79 Å². The second-order valence-electron chi connectivity index (χ2n) is 5.82. The molecule has 0 aliphatic carbocycles.